The van der Waals surface area contributed by atoms with Gasteiger partial charge in [-0.3, -0.25) is 14.4 Å². The molecule has 6 nitrogen and oxygen atoms in total. The topological polar surface area (TPSA) is 78.9 Å². The van der Waals surface area contributed by atoms with E-state index in [1.807, 2.05) is 60.8 Å². The summed E-state index contributed by atoms with van der Waals surface area (Å²) in [4.78, 5) is 38.0. The van der Waals surface area contributed by atoms with Crippen molar-refractivity contribution in [2.24, 2.45) is 0 Å². The van der Waals surface area contributed by atoms with Crippen molar-refractivity contribution in [3.8, 4) is 0 Å². The molecule has 0 aliphatic carbocycles. The number of rotatable bonds is 44. The Hall–Kier alpha value is -4.45. The first-order valence-electron chi connectivity index (χ1n) is 25.8. The number of allylic oxidation sites excluding steroid dienone is 22. The number of unbranched alkanes of at least 4 members (excludes halogenated alkanes) is 17. The van der Waals surface area contributed by atoms with Crippen LogP contribution in [-0.2, 0) is 28.6 Å². The summed E-state index contributed by atoms with van der Waals surface area (Å²) in [5.74, 6) is -1.00. The van der Waals surface area contributed by atoms with Gasteiger partial charge < -0.3 is 14.2 Å². The Kier molecular flexibility index (Phi) is 48.6. The minimum absolute atomic E-state index is 0.113. The van der Waals surface area contributed by atoms with Gasteiger partial charge in [-0.25, -0.2) is 0 Å². The predicted octanol–water partition coefficient (Wildman–Crippen LogP) is 17.1. The van der Waals surface area contributed by atoms with E-state index in [1.165, 1.54) is 51.4 Å². The Morgan fingerprint density at radius 2 is 0.677 bits per heavy atom. The molecule has 0 aromatic heterocycles. The normalized spacial score (nSPS) is 13.2. The van der Waals surface area contributed by atoms with Crippen LogP contribution < -0.4 is 0 Å². The van der Waals surface area contributed by atoms with E-state index < -0.39 is 6.10 Å². The first-order chi connectivity index (χ1) is 32.0. The molecule has 0 N–H and O–H groups in total. The minimum atomic E-state index is -0.819. The SMILES string of the molecule is CC\C=C/C=C\C=C/C=C\C=C\C=C/CCCCCC(=O)OC(COC(=O)CCCCC/C=C\C=C/CCCC)COC(=O)CCCCCCCCCCC/C=C\C/C=C\C/C=C\CC. The summed E-state index contributed by atoms with van der Waals surface area (Å²) in [6.45, 7) is 6.24. The molecule has 0 saturated carbocycles. The second kappa shape index (κ2) is 52.2. The van der Waals surface area contributed by atoms with Gasteiger partial charge in [-0.2, -0.15) is 0 Å². The van der Waals surface area contributed by atoms with Crippen LogP contribution >= 0.6 is 0 Å². The van der Waals surface area contributed by atoms with Crippen molar-refractivity contribution in [3.63, 3.8) is 0 Å². The van der Waals surface area contributed by atoms with E-state index in [2.05, 4.69) is 93.7 Å². The minimum Gasteiger partial charge on any atom is -0.462 e. The predicted molar refractivity (Wildman–Crippen MR) is 279 cm³/mol. The van der Waals surface area contributed by atoms with E-state index in [0.29, 0.717) is 19.3 Å². The molecule has 1 unspecified atom stereocenters. The smallest absolute Gasteiger partial charge is 0.306 e. The fourth-order valence-corrected chi connectivity index (χ4v) is 6.46. The Bertz CT molecular complexity index is 1450. The molecule has 0 rings (SSSR count). The molecule has 6 heteroatoms. The van der Waals surface area contributed by atoms with Crippen molar-refractivity contribution in [2.45, 2.75) is 207 Å². The fourth-order valence-electron chi connectivity index (χ4n) is 6.46. The van der Waals surface area contributed by atoms with E-state index in [4.69, 9.17) is 14.2 Å². The van der Waals surface area contributed by atoms with Crippen LogP contribution in [0.25, 0.3) is 0 Å². The van der Waals surface area contributed by atoms with E-state index in [-0.39, 0.29) is 37.5 Å². The molecular weight excluding hydrogens is 805 g/mol. The summed E-state index contributed by atoms with van der Waals surface area (Å²) >= 11 is 0. The third-order valence-corrected chi connectivity index (χ3v) is 10.3. The van der Waals surface area contributed by atoms with Crippen LogP contribution in [0.3, 0.4) is 0 Å². The molecule has 0 amide bonds. The molecule has 0 aliphatic rings. The van der Waals surface area contributed by atoms with Crippen molar-refractivity contribution < 1.29 is 28.6 Å². The number of carbonyl (C=O) groups excluding carboxylic acids is 3. The summed E-state index contributed by atoms with van der Waals surface area (Å²) < 4.78 is 16.7. The summed E-state index contributed by atoms with van der Waals surface area (Å²) in [6, 6.07) is 0. The quantitative estimate of drug-likeness (QED) is 0.0199. The standard InChI is InChI=1S/C59H92O6/c1-4-7-10-13-16-19-22-24-26-28-29-31-32-34-37-40-43-46-49-52-58(61)64-55-56(54-63-57(60)51-48-45-42-39-36-21-18-15-12-9-6-3)65-59(62)53-50-47-44-41-38-35-33-30-27-25-23-20-17-14-11-8-5-2/h7-8,10-11,14-21,23-27,30,33,35-36,38,56H,4-6,9,12-13,22,28-29,31-32,34,37,39-55H2,1-3H3/b10-7-,11-8-,17-14-,18-15-,19-16-,23-20-,26-24-,27-25-,33-30+,36-21-,38-35-. The molecule has 0 radical (unpaired) electrons. The fraction of sp³-hybridized carbons (Fsp3) is 0.576. The highest BCUT2D eigenvalue weighted by atomic mass is 16.6. The van der Waals surface area contributed by atoms with Gasteiger partial charge in [0.1, 0.15) is 13.2 Å². The van der Waals surface area contributed by atoms with Crippen LogP contribution in [-0.4, -0.2) is 37.2 Å². The summed E-state index contributed by atoms with van der Waals surface area (Å²) in [6.07, 6.45) is 72.9. The van der Waals surface area contributed by atoms with E-state index in [9.17, 15) is 14.4 Å². The lowest BCUT2D eigenvalue weighted by atomic mass is 10.1. The van der Waals surface area contributed by atoms with Gasteiger partial charge in [0.25, 0.3) is 0 Å². The van der Waals surface area contributed by atoms with Gasteiger partial charge in [0, 0.05) is 19.3 Å². The zero-order valence-electron chi connectivity index (χ0n) is 41.4. The maximum Gasteiger partial charge on any atom is 0.306 e. The highest BCUT2D eigenvalue weighted by Gasteiger charge is 2.19. The van der Waals surface area contributed by atoms with Crippen LogP contribution in [0.4, 0.5) is 0 Å². The van der Waals surface area contributed by atoms with Crippen LogP contribution in [0, 0.1) is 0 Å². The van der Waals surface area contributed by atoms with Gasteiger partial charge in [-0.05, 0) is 89.9 Å². The van der Waals surface area contributed by atoms with Crippen molar-refractivity contribution in [1.82, 2.24) is 0 Å². The van der Waals surface area contributed by atoms with Crippen molar-refractivity contribution in [3.05, 3.63) is 134 Å². The number of esters is 3. The van der Waals surface area contributed by atoms with Gasteiger partial charge in [0.15, 0.2) is 6.10 Å². The molecule has 65 heavy (non-hydrogen) atoms. The van der Waals surface area contributed by atoms with E-state index in [1.54, 1.807) is 0 Å². The first-order valence-corrected chi connectivity index (χ1v) is 25.8. The van der Waals surface area contributed by atoms with Gasteiger partial charge in [0.05, 0.1) is 0 Å². The molecule has 0 bridgehead atoms. The van der Waals surface area contributed by atoms with E-state index in [0.717, 1.165) is 103 Å². The number of hydrogen-bond acceptors (Lipinski definition) is 6. The lowest BCUT2D eigenvalue weighted by Crippen LogP contribution is -2.30. The number of ether oxygens (including phenoxy) is 3. The molecule has 0 aliphatic heterocycles. The maximum absolute atomic E-state index is 12.8. The zero-order chi connectivity index (χ0) is 47.2. The van der Waals surface area contributed by atoms with Crippen molar-refractivity contribution >= 4 is 17.9 Å². The average Bonchev–Trinajstić information content (AvgIpc) is 3.30. The van der Waals surface area contributed by atoms with Gasteiger partial charge in [-0.1, -0.05) is 225 Å². The van der Waals surface area contributed by atoms with Crippen LogP contribution in [0.15, 0.2) is 134 Å². The maximum atomic E-state index is 12.8. The molecule has 364 valence electrons. The zero-order valence-corrected chi connectivity index (χ0v) is 41.4. The monoisotopic (exact) mass is 897 g/mol. The van der Waals surface area contributed by atoms with Crippen molar-refractivity contribution in [1.29, 1.82) is 0 Å². The second-order valence-corrected chi connectivity index (χ2v) is 16.5. The Balaban J connectivity index is 4.50. The van der Waals surface area contributed by atoms with Crippen molar-refractivity contribution in [2.75, 3.05) is 13.2 Å². The van der Waals surface area contributed by atoms with E-state index >= 15 is 0 Å². The van der Waals surface area contributed by atoms with Crippen LogP contribution in [0.1, 0.15) is 201 Å². The second-order valence-electron chi connectivity index (χ2n) is 16.5. The molecule has 0 spiro atoms. The summed E-state index contributed by atoms with van der Waals surface area (Å²) in [5, 5.41) is 0. The summed E-state index contributed by atoms with van der Waals surface area (Å²) in [7, 11) is 0. The largest absolute Gasteiger partial charge is 0.462 e. The molecular formula is C59H92O6. The van der Waals surface area contributed by atoms with Gasteiger partial charge in [-0.15, -0.1) is 0 Å². The Morgan fingerprint density at radius 3 is 1.15 bits per heavy atom. The van der Waals surface area contributed by atoms with Gasteiger partial charge in [0.2, 0.25) is 0 Å². The third kappa shape index (κ3) is 50.4. The summed E-state index contributed by atoms with van der Waals surface area (Å²) in [5.41, 5.74) is 0. The number of hydrogen-bond donors (Lipinski definition) is 0. The molecule has 0 saturated heterocycles. The Morgan fingerprint density at radius 1 is 0.338 bits per heavy atom. The lowest BCUT2D eigenvalue weighted by molar-refractivity contribution is -0.167. The van der Waals surface area contributed by atoms with Crippen LogP contribution in [0.2, 0.25) is 0 Å². The number of carbonyl (C=O) groups is 3. The Labute approximate surface area is 398 Å². The molecule has 0 heterocycles. The first kappa shape index (κ1) is 60.5. The molecule has 0 aromatic carbocycles. The lowest BCUT2D eigenvalue weighted by Gasteiger charge is -2.18. The van der Waals surface area contributed by atoms with Crippen LogP contribution in [0.5, 0.6) is 0 Å². The molecule has 1 atom stereocenters. The molecule has 0 aromatic rings. The average molecular weight is 897 g/mol. The molecule has 0 fully saturated rings. The third-order valence-electron chi connectivity index (χ3n) is 10.3. The highest BCUT2D eigenvalue weighted by Crippen LogP contribution is 2.13. The highest BCUT2D eigenvalue weighted by molar-refractivity contribution is 5.71. The van der Waals surface area contributed by atoms with Gasteiger partial charge >= 0.3 is 17.9 Å².